The highest BCUT2D eigenvalue weighted by molar-refractivity contribution is 5.92. The van der Waals surface area contributed by atoms with Gasteiger partial charge in [-0.25, -0.2) is 4.79 Å². The normalized spacial score (nSPS) is 17.5. The van der Waals surface area contributed by atoms with Crippen LogP contribution in [-0.2, 0) is 11.3 Å². The summed E-state index contributed by atoms with van der Waals surface area (Å²) < 4.78 is 6.79. The number of rotatable bonds is 4. The lowest BCUT2D eigenvalue weighted by Gasteiger charge is -2.36. The molecule has 2 aliphatic rings. The van der Waals surface area contributed by atoms with E-state index in [0.29, 0.717) is 13.1 Å². The van der Waals surface area contributed by atoms with E-state index in [0.717, 1.165) is 45.9 Å². The van der Waals surface area contributed by atoms with Crippen molar-refractivity contribution in [3.8, 4) is 0 Å². The van der Waals surface area contributed by atoms with Gasteiger partial charge in [-0.3, -0.25) is 9.69 Å². The Hall–Kier alpha value is -2.91. The van der Waals surface area contributed by atoms with Gasteiger partial charge in [-0.15, -0.1) is 0 Å². The lowest BCUT2D eigenvalue weighted by Crippen LogP contribution is -2.49. The number of hydrogen-bond acceptors (Lipinski definition) is 6. The molecule has 1 aromatic carbocycles. The highest BCUT2D eigenvalue weighted by Gasteiger charge is 2.25. The summed E-state index contributed by atoms with van der Waals surface area (Å²) in [4.78, 5) is 32.9. The van der Waals surface area contributed by atoms with Crippen molar-refractivity contribution in [2.75, 3.05) is 71.5 Å². The van der Waals surface area contributed by atoms with Crippen molar-refractivity contribution in [1.82, 2.24) is 24.5 Å². The number of piperazine rings is 1. The van der Waals surface area contributed by atoms with Crippen molar-refractivity contribution in [1.29, 1.82) is 0 Å². The lowest BCUT2D eigenvalue weighted by molar-refractivity contribution is 0.0821. The maximum atomic E-state index is 12.8. The fraction of sp³-hybridized carbons (Fsp3) is 0.522. The number of morpholine rings is 1. The van der Waals surface area contributed by atoms with E-state index in [2.05, 4.69) is 40.0 Å². The molecule has 2 aliphatic heterocycles. The second kappa shape index (κ2) is 9.70. The Bertz CT molecular complexity index is 958. The maximum Gasteiger partial charge on any atom is 0.344 e. The molecule has 1 aromatic heterocycles. The zero-order valence-corrected chi connectivity index (χ0v) is 19.2. The average molecular weight is 441 g/mol. The van der Waals surface area contributed by atoms with Gasteiger partial charge in [-0.2, -0.15) is 9.78 Å². The van der Waals surface area contributed by atoms with Gasteiger partial charge in [-0.1, -0.05) is 12.1 Å². The molecule has 32 heavy (non-hydrogen) atoms. The molecule has 0 saturated carbocycles. The molecular formula is C23H32N6O3. The fourth-order valence-electron chi connectivity index (χ4n) is 4.16. The SMILES string of the molecule is Cc1ccc(CN2CCN(C(=O)n3ccc(C(=O)N(C)C)n3)CC2)c(N2CCOCC2)c1. The number of ether oxygens (including phenoxy) is 1. The van der Waals surface area contributed by atoms with Crippen LogP contribution in [0, 0.1) is 6.92 Å². The van der Waals surface area contributed by atoms with Gasteiger partial charge in [0.25, 0.3) is 5.91 Å². The summed E-state index contributed by atoms with van der Waals surface area (Å²) in [7, 11) is 3.34. The van der Waals surface area contributed by atoms with E-state index >= 15 is 0 Å². The van der Waals surface area contributed by atoms with E-state index in [1.807, 2.05) is 0 Å². The Kier molecular flexibility index (Phi) is 6.76. The van der Waals surface area contributed by atoms with Crippen molar-refractivity contribution >= 4 is 17.6 Å². The molecule has 9 heteroatoms. The molecule has 4 rings (SSSR count). The van der Waals surface area contributed by atoms with Crippen LogP contribution in [0.25, 0.3) is 0 Å². The van der Waals surface area contributed by atoms with Crippen LogP contribution in [0.2, 0.25) is 0 Å². The molecule has 0 N–H and O–H groups in total. The quantitative estimate of drug-likeness (QED) is 0.718. The molecule has 3 heterocycles. The summed E-state index contributed by atoms with van der Waals surface area (Å²) in [6.45, 7) is 9.22. The summed E-state index contributed by atoms with van der Waals surface area (Å²) in [5, 5.41) is 4.17. The zero-order chi connectivity index (χ0) is 22.7. The van der Waals surface area contributed by atoms with Crippen LogP contribution in [0.5, 0.6) is 0 Å². The minimum absolute atomic E-state index is 0.188. The van der Waals surface area contributed by atoms with Gasteiger partial charge >= 0.3 is 6.03 Å². The Balaban J connectivity index is 1.36. The molecule has 2 saturated heterocycles. The van der Waals surface area contributed by atoms with Crippen molar-refractivity contribution in [2.24, 2.45) is 0 Å². The standard InChI is InChI=1S/C23H32N6O3/c1-18-4-5-19(21(16-18)27-12-14-32-15-13-27)17-26-8-10-28(11-9-26)23(31)29-7-6-20(24-29)22(30)25(2)3/h4-7,16H,8-15,17H2,1-3H3. The van der Waals surface area contributed by atoms with Crippen LogP contribution in [0.15, 0.2) is 30.5 Å². The first-order chi connectivity index (χ1) is 15.4. The van der Waals surface area contributed by atoms with Crippen LogP contribution < -0.4 is 4.90 Å². The summed E-state index contributed by atoms with van der Waals surface area (Å²) >= 11 is 0. The summed E-state index contributed by atoms with van der Waals surface area (Å²) in [6, 6.07) is 8.06. The Morgan fingerprint density at radius 1 is 1.03 bits per heavy atom. The summed E-state index contributed by atoms with van der Waals surface area (Å²) in [5.41, 5.74) is 4.15. The second-order valence-corrected chi connectivity index (χ2v) is 8.62. The number of aromatic nitrogens is 2. The molecule has 0 bridgehead atoms. The third kappa shape index (κ3) is 4.94. The third-order valence-electron chi connectivity index (χ3n) is 6.04. The first kappa shape index (κ1) is 22.3. The number of aryl methyl sites for hydroxylation is 1. The van der Waals surface area contributed by atoms with E-state index < -0.39 is 0 Å². The first-order valence-corrected chi connectivity index (χ1v) is 11.1. The molecule has 0 unspecified atom stereocenters. The number of anilines is 1. The van der Waals surface area contributed by atoms with Crippen molar-refractivity contribution in [3.63, 3.8) is 0 Å². The van der Waals surface area contributed by atoms with Gasteiger partial charge < -0.3 is 19.4 Å². The molecule has 0 aliphatic carbocycles. The molecule has 2 amide bonds. The fourth-order valence-corrected chi connectivity index (χ4v) is 4.16. The number of nitrogens with zero attached hydrogens (tertiary/aromatic N) is 6. The second-order valence-electron chi connectivity index (χ2n) is 8.62. The lowest BCUT2D eigenvalue weighted by atomic mass is 10.1. The highest BCUT2D eigenvalue weighted by Crippen LogP contribution is 2.25. The average Bonchev–Trinajstić information content (AvgIpc) is 3.30. The predicted octanol–water partition coefficient (Wildman–Crippen LogP) is 1.52. The molecular weight excluding hydrogens is 408 g/mol. The zero-order valence-electron chi connectivity index (χ0n) is 19.2. The Morgan fingerprint density at radius 3 is 2.44 bits per heavy atom. The van der Waals surface area contributed by atoms with Crippen LogP contribution in [0.4, 0.5) is 10.5 Å². The number of benzene rings is 1. The van der Waals surface area contributed by atoms with Crippen LogP contribution in [0.1, 0.15) is 21.6 Å². The Labute approximate surface area is 189 Å². The molecule has 2 aromatic rings. The largest absolute Gasteiger partial charge is 0.378 e. The minimum atomic E-state index is -0.212. The van der Waals surface area contributed by atoms with Gasteiger partial charge in [0, 0.05) is 71.8 Å². The number of amides is 2. The van der Waals surface area contributed by atoms with Gasteiger partial charge in [0.15, 0.2) is 5.69 Å². The topological polar surface area (TPSA) is 74.2 Å². The van der Waals surface area contributed by atoms with Gasteiger partial charge in [0.05, 0.1) is 13.2 Å². The number of carbonyl (C=O) groups excluding carboxylic acids is 2. The molecule has 0 radical (unpaired) electrons. The molecule has 0 atom stereocenters. The molecule has 2 fully saturated rings. The summed E-state index contributed by atoms with van der Waals surface area (Å²) in [5.74, 6) is -0.212. The highest BCUT2D eigenvalue weighted by atomic mass is 16.5. The third-order valence-corrected chi connectivity index (χ3v) is 6.04. The number of hydrogen-bond donors (Lipinski definition) is 0. The molecule has 9 nitrogen and oxygen atoms in total. The molecule has 0 spiro atoms. The van der Waals surface area contributed by atoms with Gasteiger partial charge in [-0.05, 0) is 30.2 Å². The summed E-state index contributed by atoms with van der Waals surface area (Å²) in [6.07, 6.45) is 1.56. The first-order valence-electron chi connectivity index (χ1n) is 11.1. The Morgan fingerprint density at radius 2 is 1.75 bits per heavy atom. The van der Waals surface area contributed by atoms with Crippen molar-refractivity contribution < 1.29 is 14.3 Å². The maximum absolute atomic E-state index is 12.8. The number of carbonyl (C=O) groups is 2. The smallest absolute Gasteiger partial charge is 0.344 e. The van der Waals surface area contributed by atoms with Crippen molar-refractivity contribution in [2.45, 2.75) is 13.5 Å². The van der Waals surface area contributed by atoms with Crippen molar-refractivity contribution in [3.05, 3.63) is 47.3 Å². The van der Waals surface area contributed by atoms with E-state index in [1.54, 1.807) is 31.3 Å². The monoisotopic (exact) mass is 440 g/mol. The van der Waals surface area contributed by atoms with Gasteiger partial charge in [0.2, 0.25) is 0 Å². The van der Waals surface area contributed by atoms with Crippen LogP contribution in [0.3, 0.4) is 0 Å². The predicted molar refractivity (Wildman–Crippen MR) is 122 cm³/mol. The van der Waals surface area contributed by atoms with Gasteiger partial charge in [0.1, 0.15) is 0 Å². The van der Waals surface area contributed by atoms with Crippen LogP contribution >= 0.6 is 0 Å². The molecule has 172 valence electrons. The minimum Gasteiger partial charge on any atom is -0.378 e. The van der Waals surface area contributed by atoms with Crippen LogP contribution in [-0.4, -0.2) is 103 Å². The van der Waals surface area contributed by atoms with E-state index in [1.165, 1.54) is 26.4 Å². The van der Waals surface area contributed by atoms with E-state index in [4.69, 9.17) is 4.74 Å². The van der Waals surface area contributed by atoms with E-state index in [-0.39, 0.29) is 17.6 Å². The van der Waals surface area contributed by atoms with E-state index in [9.17, 15) is 9.59 Å².